The van der Waals surface area contributed by atoms with Gasteiger partial charge in [0.15, 0.2) is 0 Å². The van der Waals surface area contributed by atoms with E-state index in [1.165, 1.54) is 0 Å². The smallest absolute Gasteiger partial charge is 0.407 e. The maximum absolute atomic E-state index is 11.7. The normalized spacial score (nSPS) is 22.1. The van der Waals surface area contributed by atoms with Gasteiger partial charge < -0.3 is 20.1 Å². The molecule has 21 heavy (non-hydrogen) atoms. The molecule has 1 saturated heterocycles. The number of carbonyl (C=O) groups excluding carboxylic acids is 1. The zero-order valence-corrected chi connectivity index (χ0v) is 14.4. The van der Waals surface area contributed by atoms with E-state index in [4.69, 9.17) is 9.47 Å². The summed E-state index contributed by atoms with van der Waals surface area (Å²) in [4.78, 5) is 11.7. The average molecular weight is 300 g/mol. The molecule has 0 aromatic heterocycles. The summed E-state index contributed by atoms with van der Waals surface area (Å²) in [5.41, 5.74) is -0.459. The Labute approximate surface area is 129 Å². The Hall–Kier alpha value is -0.810. The summed E-state index contributed by atoms with van der Waals surface area (Å²) in [7, 11) is 0. The molecule has 2 N–H and O–H groups in total. The van der Waals surface area contributed by atoms with Crippen molar-refractivity contribution in [2.45, 2.75) is 65.6 Å². The number of nitrogens with one attached hydrogen (secondary N) is 2. The van der Waals surface area contributed by atoms with Crippen molar-refractivity contribution >= 4 is 6.09 Å². The highest BCUT2D eigenvalue weighted by Crippen LogP contribution is 2.17. The van der Waals surface area contributed by atoms with Gasteiger partial charge in [0.2, 0.25) is 0 Å². The van der Waals surface area contributed by atoms with Gasteiger partial charge in [-0.2, -0.15) is 0 Å². The first-order valence-electron chi connectivity index (χ1n) is 7.99. The number of ether oxygens (including phenoxy) is 2. The highest BCUT2D eigenvalue weighted by Gasteiger charge is 2.26. The van der Waals surface area contributed by atoms with Crippen molar-refractivity contribution < 1.29 is 14.3 Å². The van der Waals surface area contributed by atoms with Crippen LogP contribution in [-0.2, 0) is 9.47 Å². The molecule has 0 aromatic carbocycles. The van der Waals surface area contributed by atoms with Gasteiger partial charge in [-0.05, 0) is 46.0 Å². The summed E-state index contributed by atoms with van der Waals surface area (Å²) in [6, 6.07) is 0.619. The van der Waals surface area contributed by atoms with Crippen LogP contribution in [0.25, 0.3) is 0 Å². The predicted molar refractivity (Wildman–Crippen MR) is 84.4 cm³/mol. The van der Waals surface area contributed by atoms with Crippen molar-refractivity contribution in [2.24, 2.45) is 11.8 Å². The second-order valence-corrected chi connectivity index (χ2v) is 7.31. The number of amides is 1. The molecular formula is C16H32N2O3. The van der Waals surface area contributed by atoms with E-state index in [1.54, 1.807) is 0 Å². The number of rotatable bonds is 6. The van der Waals surface area contributed by atoms with E-state index in [0.717, 1.165) is 19.6 Å². The predicted octanol–water partition coefficient (Wildman–Crippen LogP) is 2.55. The Kier molecular flexibility index (Phi) is 6.94. The molecule has 1 fully saturated rings. The molecule has 1 rings (SSSR count). The summed E-state index contributed by atoms with van der Waals surface area (Å²) < 4.78 is 10.7. The van der Waals surface area contributed by atoms with Gasteiger partial charge in [0.05, 0.1) is 6.61 Å². The lowest BCUT2D eigenvalue weighted by Crippen LogP contribution is -2.50. The number of hydrogen-bond donors (Lipinski definition) is 2. The molecule has 0 bridgehead atoms. The van der Waals surface area contributed by atoms with Gasteiger partial charge in [-0.3, -0.25) is 0 Å². The largest absolute Gasteiger partial charge is 0.444 e. The molecule has 5 heteroatoms. The SMILES string of the molecule is CC(C)C(CNC(=O)OC(C)(C)C)NC(C)C1CCOC1. The molecule has 124 valence electrons. The van der Waals surface area contributed by atoms with Crippen LogP contribution in [0, 0.1) is 11.8 Å². The van der Waals surface area contributed by atoms with Crippen LogP contribution in [-0.4, -0.2) is 43.5 Å². The van der Waals surface area contributed by atoms with Crippen LogP contribution in [0.2, 0.25) is 0 Å². The standard InChI is InChI=1S/C16H32N2O3/c1-11(2)14(9-17-15(19)21-16(4,5)6)18-12(3)13-7-8-20-10-13/h11-14,18H,7-10H2,1-6H3,(H,17,19). The summed E-state index contributed by atoms with van der Waals surface area (Å²) in [5.74, 6) is 0.998. The minimum absolute atomic E-state index is 0.230. The molecule has 0 spiro atoms. The van der Waals surface area contributed by atoms with Gasteiger partial charge in [0.25, 0.3) is 0 Å². The molecule has 0 aliphatic carbocycles. The number of hydrogen-bond acceptors (Lipinski definition) is 4. The molecule has 1 aliphatic rings. The van der Waals surface area contributed by atoms with E-state index < -0.39 is 5.60 Å². The van der Waals surface area contributed by atoms with E-state index in [9.17, 15) is 4.79 Å². The Morgan fingerprint density at radius 1 is 1.33 bits per heavy atom. The third-order valence-corrected chi connectivity index (χ3v) is 3.82. The summed E-state index contributed by atoms with van der Waals surface area (Å²) in [6.07, 6.45) is 0.755. The van der Waals surface area contributed by atoms with Crippen LogP contribution in [0.3, 0.4) is 0 Å². The highest BCUT2D eigenvalue weighted by atomic mass is 16.6. The second kappa shape index (κ2) is 7.99. The number of alkyl carbamates (subject to hydrolysis) is 1. The van der Waals surface area contributed by atoms with Crippen molar-refractivity contribution in [1.82, 2.24) is 10.6 Å². The molecule has 0 saturated carbocycles. The third kappa shape index (κ3) is 7.14. The highest BCUT2D eigenvalue weighted by molar-refractivity contribution is 5.67. The maximum Gasteiger partial charge on any atom is 0.407 e. The first-order valence-corrected chi connectivity index (χ1v) is 7.99. The van der Waals surface area contributed by atoms with E-state index in [0.29, 0.717) is 24.4 Å². The van der Waals surface area contributed by atoms with Gasteiger partial charge in [0.1, 0.15) is 5.60 Å². The fourth-order valence-electron chi connectivity index (χ4n) is 2.42. The van der Waals surface area contributed by atoms with Gasteiger partial charge in [0, 0.05) is 25.2 Å². The second-order valence-electron chi connectivity index (χ2n) is 7.31. The zero-order valence-electron chi connectivity index (χ0n) is 14.4. The van der Waals surface area contributed by atoms with E-state index in [2.05, 4.69) is 31.4 Å². The lowest BCUT2D eigenvalue weighted by molar-refractivity contribution is 0.0517. The van der Waals surface area contributed by atoms with Gasteiger partial charge >= 0.3 is 6.09 Å². The molecule has 3 atom stereocenters. The van der Waals surface area contributed by atoms with Crippen LogP contribution in [0.4, 0.5) is 4.79 Å². The van der Waals surface area contributed by atoms with Crippen LogP contribution in [0.5, 0.6) is 0 Å². The van der Waals surface area contributed by atoms with Gasteiger partial charge in [-0.25, -0.2) is 4.79 Å². The molecule has 0 aromatic rings. The molecule has 1 aliphatic heterocycles. The molecular weight excluding hydrogens is 268 g/mol. The average Bonchev–Trinajstić information content (AvgIpc) is 2.85. The quantitative estimate of drug-likeness (QED) is 0.791. The monoisotopic (exact) mass is 300 g/mol. The van der Waals surface area contributed by atoms with Crippen LogP contribution in [0.1, 0.15) is 48.0 Å². The summed E-state index contributed by atoms with van der Waals surface area (Å²) in [5, 5.41) is 6.49. The first-order chi connectivity index (χ1) is 9.69. The molecule has 0 radical (unpaired) electrons. The van der Waals surface area contributed by atoms with Crippen LogP contribution >= 0.6 is 0 Å². The van der Waals surface area contributed by atoms with Crippen molar-refractivity contribution in [3.05, 3.63) is 0 Å². The summed E-state index contributed by atoms with van der Waals surface area (Å²) >= 11 is 0. The minimum Gasteiger partial charge on any atom is -0.444 e. The van der Waals surface area contributed by atoms with Crippen molar-refractivity contribution in [1.29, 1.82) is 0 Å². The fraction of sp³-hybridized carbons (Fsp3) is 0.938. The fourth-order valence-corrected chi connectivity index (χ4v) is 2.42. The Bertz CT molecular complexity index is 320. The van der Waals surface area contributed by atoms with Crippen molar-refractivity contribution in [3.8, 4) is 0 Å². The third-order valence-electron chi connectivity index (χ3n) is 3.82. The molecule has 1 amide bonds. The van der Waals surface area contributed by atoms with E-state index in [1.807, 2.05) is 20.8 Å². The van der Waals surface area contributed by atoms with Gasteiger partial charge in [-0.1, -0.05) is 13.8 Å². The maximum atomic E-state index is 11.7. The molecule has 1 heterocycles. The summed E-state index contributed by atoms with van der Waals surface area (Å²) in [6.45, 7) is 14.4. The minimum atomic E-state index is -0.459. The van der Waals surface area contributed by atoms with Gasteiger partial charge in [-0.15, -0.1) is 0 Å². The Morgan fingerprint density at radius 3 is 2.48 bits per heavy atom. The van der Waals surface area contributed by atoms with E-state index >= 15 is 0 Å². The molecule has 3 unspecified atom stereocenters. The van der Waals surface area contributed by atoms with Crippen LogP contribution < -0.4 is 10.6 Å². The van der Waals surface area contributed by atoms with E-state index in [-0.39, 0.29) is 12.1 Å². The lowest BCUT2D eigenvalue weighted by atomic mass is 9.97. The van der Waals surface area contributed by atoms with Crippen molar-refractivity contribution in [2.75, 3.05) is 19.8 Å². The molecule has 5 nitrogen and oxygen atoms in total. The topological polar surface area (TPSA) is 59.6 Å². The van der Waals surface area contributed by atoms with Crippen molar-refractivity contribution in [3.63, 3.8) is 0 Å². The zero-order chi connectivity index (χ0) is 16.0. The number of carbonyl (C=O) groups is 1. The Morgan fingerprint density at radius 2 is 2.00 bits per heavy atom. The first kappa shape index (κ1) is 18.2. The lowest BCUT2D eigenvalue weighted by Gasteiger charge is -2.29. The van der Waals surface area contributed by atoms with Crippen LogP contribution in [0.15, 0.2) is 0 Å². The Balaban J connectivity index is 2.40.